The largest absolute Gasteiger partial charge is 0.490 e. The summed E-state index contributed by atoms with van der Waals surface area (Å²) in [7, 11) is 0. The van der Waals surface area contributed by atoms with Gasteiger partial charge in [-0.3, -0.25) is 0 Å². The molecule has 0 radical (unpaired) electrons. The van der Waals surface area contributed by atoms with Gasteiger partial charge in [-0.2, -0.15) is 4.39 Å². The summed E-state index contributed by atoms with van der Waals surface area (Å²) < 4.78 is 48.2. The Labute approximate surface area is 181 Å². The van der Waals surface area contributed by atoms with E-state index < -0.39 is 23.6 Å². The summed E-state index contributed by atoms with van der Waals surface area (Å²) in [6.07, 6.45) is 4.31. The van der Waals surface area contributed by atoms with E-state index in [1.165, 1.54) is 19.1 Å². The van der Waals surface area contributed by atoms with Gasteiger partial charge in [0, 0.05) is 17.0 Å². The maximum Gasteiger partial charge on any atom is 0.200 e. The molecule has 2 aromatic rings. The number of rotatable bonds is 6. The number of aliphatic hydroxyl groups excluding tert-OH is 1. The molecular weight excluding hydrogens is 401 g/mol. The van der Waals surface area contributed by atoms with Gasteiger partial charge < -0.3 is 9.84 Å². The number of aliphatic hydroxyl groups is 1. The molecule has 1 saturated carbocycles. The molecule has 2 aromatic carbocycles. The molecule has 0 amide bonds. The first-order valence-corrected chi connectivity index (χ1v) is 10.6. The Morgan fingerprint density at radius 2 is 1.87 bits per heavy atom. The van der Waals surface area contributed by atoms with Gasteiger partial charge in [0.1, 0.15) is 5.82 Å². The molecule has 1 aliphatic rings. The Morgan fingerprint density at radius 3 is 2.52 bits per heavy atom. The highest BCUT2D eigenvalue weighted by molar-refractivity contribution is 5.38. The summed E-state index contributed by atoms with van der Waals surface area (Å²) >= 11 is 0. The first-order chi connectivity index (χ1) is 14.9. The van der Waals surface area contributed by atoms with E-state index >= 15 is 0 Å². The minimum absolute atomic E-state index is 0.0578. The molecule has 1 fully saturated rings. The molecule has 31 heavy (non-hydrogen) atoms. The second kappa shape index (κ2) is 10.5. The number of halogens is 3. The first kappa shape index (κ1) is 23.0. The second-order valence-electron chi connectivity index (χ2n) is 7.94. The van der Waals surface area contributed by atoms with Gasteiger partial charge in [0.2, 0.25) is 5.82 Å². The molecule has 1 unspecified atom stereocenters. The Kier molecular flexibility index (Phi) is 7.81. The van der Waals surface area contributed by atoms with Crippen molar-refractivity contribution < 1.29 is 23.0 Å². The van der Waals surface area contributed by atoms with Gasteiger partial charge in [0.25, 0.3) is 0 Å². The van der Waals surface area contributed by atoms with Crippen LogP contribution in [0.15, 0.2) is 43.0 Å². The Bertz CT molecular complexity index is 980. The monoisotopic (exact) mass is 428 g/mol. The molecule has 0 heterocycles. The number of hydrogen-bond donors (Lipinski definition) is 1. The third kappa shape index (κ3) is 5.71. The topological polar surface area (TPSA) is 29.5 Å². The summed E-state index contributed by atoms with van der Waals surface area (Å²) in [6.45, 7) is 5.35. The predicted molar refractivity (Wildman–Crippen MR) is 115 cm³/mol. The highest BCUT2D eigenvalue weighted by Gasteiger charge is 2.26. The zero-order valence-electron chi connectivity index (χ0n) is 17.6. The number of benzene rings is 2. The van der Waals surface area contributed by atoms with Gasteiger partial charge in [-0.1, -0.05) is 30.0 Å². The van der Waals surface area contributed by atoms with Crippen molar-refractivity contribution in [1.29, 1.82) is 0 Å². The molecular formula is C26H27F3O2. The molecule has 1 atom stereocenters. The van der Waals surface area contributed by atoms with Crippen LogP contribution in [0.5, 0.6) is 5.75 Å². The fourth-order valence-corrected chi connectivity index (χ4v) is 3.90. The quantitative estimate of drug-likeness (QED) is 0.326. The van der Waals surface area contributed by atoms with Crippen LogP contribution >= 0.6 is 0 Å². The van der Waals surface area contributed by atoms with Crippen LogP contribution in [0.2, 0.25) is 0 Å². The fraction of sp³-hybridized carbons (Fsp3) is 0.385. The lowest BCUT2D eigenvalue weighted by atomic mass is 9.78. The first-order valence-electron chi connectivity index (χ1n) is 10.6. The zero-order chi connectivity index (χ0) is 22.4. The summed E-state index contributed by atoms with van der Waals surface area (Å²) in [6, 6.07) is 7.68. The van der Waals surface area contributed by atoms with E-state index in [1.54, 1.807) is 24.3 Å². The lowest BCUT2D eigenvalue weighted by Gasteiger charge is -2.26. The fourth-order valence-electron chi connectivity index (χ4n) is 3.90. The van der Waals surface area contributed by atoms with Crippen LogP contribution in [-0.4, -0.2) is 11.7 Å². The minimum atomic E-state index is -0.939. The van der Waals surface area contributed by atoms with Gasteiger partial charge >= 0.3 is 0 Å². The highest BCUT2D eigenvalue weighted by Crippen LogP contribution is 2.38. The average molecular weight is 428 g/mol. The average Bonchev–Trinajstić information content (AvgIpc) is 2.76. The zero-order valence-corrected chi connectivity index (χ0v) is 17.6. The Hall–Kier alpha value is -2.71. The molecule has 1 aliphatic carbocycles. The summed E-state index contributed by atoms with van der Waals surface area (Å²) in [5, 5.41) is 9.51. The van der Waals surface area contributed by atoms with Crippen molar-refractivity contribution in [3.8, 4) is 17.6 Å². The van der Waals surface area contributed by atoms with Gasteiger partial charge in [0.05, 0.1) is 12.7 Å². The molecule has 0 spiro atoms. The summed E-state index contributed by atoms with van der Waals surface area (Å²) in [4.78, 5) is 0. The van der Waals surface area contributed by atoms with E-state index in [4.69, 9.17) is 4.74 Å². The number of hydrogen-bond acceptors (Lipinski definition) is 2. The van der Waals surface area contributed by atoms with Crippen molar-refractivity contribution >= 4 is 0 Å². The van der Waals surface area contributed by atoms with Crippen LogP contribution in [0.3, 0.4) is 0 Å². The SMILES string of the molecule is C=CCCOc1ccc(C2CCC(C#Cc3ccc(C(C)O)c(F)c3)CC2)c(F)c1F. The predicted octanol–water partition coefficient (Wildman–Crippen LogP) is 6.44. The smallest absolute Gasteiger partial charge is 0.200 e. The number of ether oxygens (including phenoxy) is 1. The van der Waals surface area contributed by atoms with Crippen LogP contribution in [0.1, 0.15) is 67.7 Å². The standard InChI is InChI=1S/C26H27F3O2/c1-3-4-15-31-24-14-13-22(25(28)26(24)29)20-10-7-18(8-11-20)5-6-19-9-12-21(17(2)30)23(27)16-19/h3,9,12-14,16-18,20,30H,1,4,7-8,10-11,15H2,2H3. The normalized spacial score (nSPS) is 19.3. The molecule has 0 aliphatic heterocycles. The lowest BCUT2D eigenvalue weighted by molar-refractivity contribution is 0.194. The second-order valence-corrected chi connectivity index (χ2v) is 7.94. The van der Waals surface area contributed by atoms with Crippen molar-refractivity contribution in [3.63, 3.8) is 0 Å². The van der Waals surface area contributed by atoms with Crippen molar-refractivity contribution in [2.45, 2.75) is 51.0 Å². The summed E-state index contributed by atoms with van der Waals surface area (Å²) in [5.41, 5.74) is 1.19. The van der Waals surface area contributed by atoms with Crippen LogP contribution in [0.25, 0.3) is 0 Å². The van der Waals surface area contributed by atoms with Crippen molar-refractivity contribution in [2.24, 2.45) is 5.92 Å². The molecule has 2 nitrogen and oxygen atoms in total. The van der Waals surface area contributed by atoms with Crippen LogP contribution in [0, 0.1) is 35.2 Å². The van der Waals surface area contributed by atoms with E-state index in [9.17, 15) is 18.3 Å². The van der Waals surface area contributed by atoms with Crippen molar-refractivity contribution in [1.82, 2.24) is 0 Å². The molecule has 3 rings (SSSR count). The van der Waals surface area contributed by atoms with Crippen LogP contribution in [0.4, 0.5) is 13.2 Å². The van der Waals surface area contributed by atoms with E-state index in [0.717, 1.165) is 12.8 Å². The van der Waals surface area contributed by atoms with E-state index in [-0.39, 0.29) is 29.8 Å². The molecule has 0 bridgehead atoms. The lowest BCUT2D eigenvalue weighted by Crippen LogP contribution is -2.14. The van der Waals surface area contributed by atoms with Gasteiger partial charge in [-0.15, -0.1) is 6.58 Å². The Balaban J connectivity index is 1.61. The van der Waals surface area contributed by atoms with Crippen LogP contribution in [-0.2, 0) is 0 Å². The molecule has 0 aromatic heterocycles. The van der Waals surface area contributed by atoms with E-state index in [2.05, 4.69) is 18.4 Å². The van der Waals surface area contributed by atoms with Gasteiger partial charge in [-0.05, 0) is 68.7 Å². The van der Waals surface area contributed by atoms with Crippen molar-refractivity contribution in [3.05, 3.63) is 77.1 Å². The molecule has 5 heteroatoms. The van der Waals surface area contributed by atoms with E-state index in [0.29, 0.717) is 30.4 Å². The Morgan fingerprint density at radius 1 is 1.13 bits per heavy atom. The third-order valence-electron chi connectivity index (χ3n) is 5.69. The maximum atomic E-state index is 14.6. The maximum absolute atomic E-state index is 14.6. The minimum Gasteiger partial charge on any atom is -0.490 e. The highest BCUT2D eigenvalue weighted by atomic mass is 19.2. The van der Waals surface area contributed by atoms with E-state index in [1.807, 2.05) is 0 Å². The molecule has 0 saturated heterocycles. The summed E-state index contributed by atoms with van der Waals surface area (Å²) in [5.74, 6) is 3.93. The molecule has 164 valence electrons. The molecule has 1 N–H and O–H groups in total. The van der Waals surface area contributed by atoms with Gasteiger partial charge in [-0.25, -0.2) is 8.78 Å². The van der Waals surface area contributed by atoms with Crippen molar-refractivity contribution in [2.75, 3.05) is 6.61 Å². The third-order valence-corrected chi connectivity index (χ3v) is 5.69. The van der Waals surface area contributed by atoms with Crippen LogP contribution < -0.4 is 4.74 Å². The van der Waals surface area contributed by atoms with Gasteiger partial charge in [0.15, 0.2) is 11.6 Å².